The molecule has 0 aliphatic carbocycles. The molecule has 0 amide bonds. The van der Waals surface area contributed by atoms with Crippen molar-refractivity contribution in [3.05, 3.63) is 77.0 Å². The Kier molecular flexibility index (Phi) is 8.24. The highest BCUT2D eigenvalue weighted by molar-refractivity contribution is 5.63. The van der Waals surface area contributed by atoms with Gasteiger partial charge in [-0.05, 0) is 72.6 Å². The number of nitrogens with zero attached hydrogens (tertiary/aromatic N) is 3. The predicted molar refractivity (Wildman–Crippen MR) is 145 cm³/mol. The van der Waals surface area contributed by atoms with E-state index in [1.807, 2.05) is 12.3 Å². The molecular weight excluding hydrogens is 503 g/mol. The topological polar surface area (TPSA) is 47.5 Å². The number of hydrogen-bond acceptors (Lipinski definition) is 5. The predicted octanol–water partition coefficient (Wildman–Crippen LogP) is 6.48. The van der Waals surface area contributed by atoms with Crippen molar-refractivity contribution in [3.63, 3.8) is 0 Å². The van der Waals surface area contributed by atoms with E-state index in [1.54, 1.807) is 12.3 Å². The zero-order chi connectivity index (χ0) is 27.6. The van der Waals surface area contributed by atoms with E-state index in [2.05, 4.69) is 28.7 Å². The lowest BCUT2D eigenvalue weighted by atomic mass is 9.85. The highest BCUT2D eigenvalue weighted by atomic mass is 19.1. The lowest BCUT2D eigenvalue weighted by Crippen LogP contribution is -2.39. The van der Waals surface area contributed by atoms with Crippen LogP contribution >= 0.6 is 0 Å². The number of benzene rings is 1. The molecule has 0 spiro atoms. The molecule has 1 aromatic carbocycles. The van der Waals surface area contributed by atoms with Crippen LogP contribution in [0.3, 0.4) is 0 Å². The minimum atomic E-state index is -0.862. The quantitative estimate of drug-likeness (QED) is 0.344. The molecule has 0 N–H and O–H groups in total. The van der Waals surface area contributed by atoms with Crippen molar-refractivity contribution in [3.8, 4) is 11.3 Å². The summed E-state index contributed by atoms with van der Waals surface area (Å²) < 4.78 is 56.8. The fourth-order valence-electron chi connectivity index (χ4n) is 6.21. The number of hydrogen-bond donors (Lipinski definition) is 0. The van der Waals surface area contributed by atoms with E-state index in [0.717, 1.165) is 24.3 Å². The second-order valence-corrected chi connectivity index (χ2v) is 11.1. The zero-order valence-corrected chi connectivity index (χ0v) is 22.9. The number of anilines is 1. The van der Waals surface area contributed by atoms with Crippen molar-refractivity contribution in [2.75, 3.05) is 38.3 Å². The van der Waals surface area contributed by atoms with Crippen molar-refractivity contribution < 1.29 is 22.6 Å². The summed E-state index contributed by atoms with van der Waals surface area (Å²) in [5, 5.41) is 0. The van der Waals surface area contributed by atoms with Crippen LogP contribution in [0.25, 0.3) is 11.3 Å². The number of aryl methyl sites for hydroxylation is 2. The summed E-state index contributed by atoms with van der Waals surface area (Å²) in [5.74, 6) is -1.27. The fraction of sp³-hybridized carbons (Fsp3) is 0.484. The molecule has 5 nitrogen and oxygen atoms in total. The molecule has 2 fully saturated rings. The summed E-state index contributed by atoms with van der Waals surface area (Å²) in [6.07, 6.45) is 6.96. The van der Waals surface area contributed by atoms with Crippen LogP contribution in [0.4, 0.5) is 18.9 Å². The molecule has 0 saturated carbocycles. The van der Waals surface area contributed by atoms with Gasteiger partial charge in [0.25, 0.3) is 0 Å². The summed E-state index contributed by atoms with van der Waals surface area (Å²) in [6.45, 7) is 7.41. The number of pyridine rings is 2. The maximum Gasteiger partial charge on any atom is 0.149 e. The van der Waals surface area contributed by atoms with Gasteiger partial charge in [-0.2, -0.15) is 0 Å². The van der Waals surface area contributed by atoms with E-state index in [4.69, 9.17) is 9.47 Å². The fourth-order valence-corrected chi connectivity index (χ4v) is 6.21. The number of rotatable bonds is 7. The van der Waals surface area contributed by atoms with Gasteiger partial charge in [-0.15, -0.1) is 0 Å². The molecule has 0 bridgehead atoms. The second-order valence-electron chi connectivity index (χ2n) is 11.1. The third-order valence-electron chi connectivity index (χ3n) is 8.14. The van der Waals surface area contributed by atoms with E-state index in [-0.39, 0.29) is 5.69 Å². The highest BCUT2D eigenvalue weighted by Gasteiger charge is 2.36. The Morgan fingerprint density at radius 2 is 1.67 bits per heavy atom. The van der Waals surface area contributed by atoms with Gasteiger partial charge < -0.3 is 14.4 Å². The Hall–Kier alpha value is -2.97. The lowest BCUT2D eigenvalue weighted by molar-refractivity contribution is -0.0950. The number of methoxy groups -OCH3 is 1. The molecule has 2 saturated heterocycles. The summed E-state index contributed by atoms with van der Waals surface area (Å²) in [6, 6.07) is 7.33. The number of halogens is 3. The molecule has 0 unspecified atom stereocenters. The second kappa shape index (κ2) is 11.6. The molecule has 39 heavy (non-hydrogen) atoms. The van der Waals surface area contributed by atoms with Gasteiger partial charge in [0, 0.05) is 70.0 Å². The van der Waals surface area contributed by atoms with Crippen molar-refractivity contribution in [1.29, 1.82) is 0 Å². The Labute approximate surface area is 228 Å². The van der Waals surface area contributed by atoms with Crippen LogP contribution in [0.5, 0.6) is 0 Å². The van der Waals surface area contributed by atoms with E-state index < -0.39 is 28.6 Å². The molecule has 2 aliphatic rings. The standard InChI is InChI=1S/C31H36F3N3O2/c1-20-14-21(2)19-37(18-20)28-8-11-35-17-22(28)4-5-24-6-7-25(32)30(36-24)29-26(33)15-23(16-27(29)34)31(38-3)9-12-39-13-10-31/h6-8,11,15-17,20-21H,4-5,9-10,12-14,18-19H2,1-3H3/t20-,21+. The normalized spacial score (nSPS) is 21.2. The van der Waals surface area contributed by atoms with Gasteiger partial charge in [-0.1, -0.05) is 13.8 Å². The molecular formula is C31H36F3N3O2. The van der Waals surface area contributed by atoms with Crippen LogP contribution in [0.2, 0.25) is 0 Å². The number of piperidine rings is 1. The number of ether oxygens (including phenoxy) is 2. The van der Waals surface area contributed by atoms with Crippen molar-refractivity contribution in [1.82, 2.24) is 9.97 Å². The molecule has 0 radical (unpaired) electrons. The first-order chi connectivity index (χ1) is 18.8. The van der Waals surface area contributed by atoms with Crippen LogP contribution in [-0.2, 0) is 27.9 Å². The molecule has 8 heteroatoms. The van der Waals surface area contributed by atoms with Crippen LogP contribution < -0.4 is 4.90 Å². The SMILES string of the molecule is COC1(c2cc(F)c(-c3nc(CCc4cnccc4N4C[C@H](C)C[C@H](C)C4)ccc3F)c(F)c2)CCOCC1. The Balaban J connectivity index is 1.39. The average Bonchev–Trinajstić information content (AvgIpc) is 2.93. The van der Waals surface area contributed by atoms with Gasteiger partial charge in [0.05, 0.1) is 11.2 Å². The Morgan fingerprint density at radius 3 is 2.33 bits per heavy atom. The van der Waals surface area contributed by atoms with Crippen LogP contribution in [0, 0.1) is 29.3 Å². The highest BCUT2D eigenvalue weighted by Crippen LogP contribution is 2.39. The van der Waals surface area contributed by atoms with Crippen molar-refractivity contribution in [2.45, 2.75) is 51.6 Å². The molecule has 2 aliphatic heterocycles. The van der Waals surface area contributed by atoms with Crippen LogP contribution in [0.1, 0.15) is 49.9 Å². The summed E-state index contributed by atoms with van der Waals surface area (Å²) in [5.41, 5.74) is 1.55. The molecule has 3 aromatic rings. The lowest BCUT2D eigenvalue weighted by Gasteiger charge is -2.37. The van der Waals surface area contributed by atoms with E-state index in [9.17, 15) is 4.39 Å². The number of aromatic nitrogens is 2. The van der Waals surface area contributed by atoms with Gasteiger partial charge in [-0.25, -0.2) is 18.2 Å². The van der Waals surface area contributed by atoms with Gasteiger partial charge in [0.15, 0.2) is 0 Å². The van der Waals surface area contributed by atoms with Crippen molar-refractivity contribution >= 4 is 5.69 Å². The van der Waals surface area contributed by atoms with Crippen LogP contribution in [0.15, 0.2) is 42.7 Å². The molecule has 2 atom stereocenters. The van der Waals surface area contributed by atoms with Gasteiger partial charge in [0.2, 0.25) is 0 Å². The third-order valence-corrected chi connectivity index (χ3v) is 8.14. The maximum atomic E-state index is 15.4. The Morgan fingerprint density at radius 1 is 0.974 bits per heavy atom. The summed E-state index contributed by atoms with van der Waals surface area (Å²) in [7, 11) is 1.53. The van der Waals surface area contributed by atoms with Gasteiger partial charge in [-0.3, -0.25) is 4.98 Å². The first kappa shape index (κ1) is 27.6. The smallest absolute Gasteiger partial charge is 0.149 e. The van der Waals surface area contributed by atoms with Gasteiger partial charge >= 0.3 is 0 Å². The third kappa shape index (κ3) is 5.82. The first-order valence-electron chi connectivity index (χ1n) is 13.8. The maximum absolute atomic E-state index is 15.4. The summed E-state index contributed by atoms with van der Waals surface area (Å²) in [4.78, 5) is 11.1. The van der Waals surface area contributed by atoms with Crippen LogP contribution in [-0.4, -0.2) is 43.4 Å². The van der Waals surface area contributed by atoms with Gasteiger partial charge in [0.1, 0.15) is 23.1 Å². The van der Waals surface area contributed by atoms with Crippen molar-refractivity contribution in [2.24, 2.45) is 11.8 Å². The largest absolute Gasteiger partial charge is 0.381 e. The molecule has 5 rings (SSSR count). The van der Waals surface area contributed by atoms with E-state index >= 15 is 8.78 Å². The monoisotopic (exact) mass is 539 g/mol. The Bertz CT molecular complexity index is 1280. The zero-order valence-electron chi connectivity index (χ0n) is 22.9. The minimum Gasteiger partial charge on any atom is -0.381 e. The molecule has 4 heterocycles. The molecule has 208 valence electrons. The van der Waals surface area contributed by atoms with E-state index in [0.29, 0.717) is 62.0 Å². The first-order valence-corrected chi connectivity index (χ1v) is 13.8. The van der Waals surface area contributed by atoms with E-state index in [1.165, 1.54) is 31.7 Å². The average molecular weight is 540 g/mol. The summed E-state index contributed by atoms with van der Waals surface area (Å²) >= 11 is 0. The minimum absolute atomic E-state index is 0.322. The molecule has 2 aromatic heterocycles.